The molecule has 0 aliphatic heterocycles. The Morgan fingerprint density at radius 1 is 1.26 bits per heavy atom. The number of pyridine rings is 1. The first-order valence-electron chi connectivity index (χ1n) is 8.48. The van der Waals surface area contributed by atoms with Gasteiger partial charge in [-0.2, -0.15) is 4.98 Å². The fourth-order valence-corrected chi connectivity index (χ4v) is 3.24. The lowest BCUT2D eigenvalue weighted by Gasteiger charge is -2.15. The second-order valence-electron chi connectivity index (χ2n) is 6.26. The molecule has 140 valence electrons. The lowest BCUT2D eigenvalue weighted by molar-refractivity contribution is 0.617. The van der Waals surface area contributed by atoms with Crippen molar-refractivity contribution in [2.24, 2.45) is 4.99 Å². The first-order valence-corrected chi connectivity index (χ1v) is 9.36. The molecule has 8 heteroatoms. The van der Waals surface area contributed by atoms with Crippen LogP contribution in [0.2, 0.25) is 0 Å². The van der Waals surface area contributed by atoms with E-state index in [0.717, 1.165) is 21.6 Å². The number of allylic oxidation sites excluding steroid dienone is 1. The first-order chi connectivity index (χ1) is 13.0. The molecule has 0 unspecified atom stereocenters. The highest BCUT2D eigenvalue weighted by atomic mass is 32.1. The van der Waals surface area contributed by atoms with Gasteiger partial charge in [-0.1, -0.05) is 5.57 Å². The van der Waals surface area contributed by atoms with E-state index in [1.807, 2.05) is 38.3 Å². The van der Waals surface area contributed by atoms with Gasteiger partial charge in [0.15, 0.2) is 0 Å². The van der Waals surface area contributed by atoms with Gasteiger partial charge in [0.05, 0.1) is 23.3 Å². The molecule has 0 saturated heterocycles. The number of fused-ring (bicyclic) bond motifs is 1. The number of nitrogens with zero attached hydrogens (tertiary/aromatic N) is 4. The van der Waals surface area contributed by atoms with Crippen LogP contribution in [0.3, 0.4) is 0 Å². The molecule has 3 heterocycles. The predicted octanol–water partition coefficient (Wildman–Crippen LogP) is 4.80. The molecule has 0 aromatic carbocycles. The van der Waals surface area contributed by atoms with Crippen molar-refractivity contribution >= 4 is 39.2 Å². The van der Waals surface area contributed by atoms with Gasteiger partial charge in [-0.15, -0.1) is 11.3 Å². The van der Waals surface area contributed by atoms with E-state index < -0.39 is 0 Å². The number of aromatic nitrogens is 3. The van der Waals surface area contributed by atoms with E-state index in [4.69, 9.17) is 0 Å². The summed E-state index contributed by atoms with van der Waals surface area (Å²) in [4.78, 5) is 18.4. The summed E-state index contributed by atoms with van der Waals surface area (Å²) in [7, 11) is 1.73. The van der Waals surface area contributed by atoms with Gasteiger partial charge in [-0.3, -0.25) is 9.98 Å². The van der Waals surface area contributed by atoms with Gasteiger partial charge in [0.1, 0.15) is 22.3 Å². The van der Waals surface area contributed by atoms with Crippen molar-refractivity contribution in [3.8, 4) is 0 Å². The number of anilines is 2. The third-order valence-corrected chi connectivity index (χ3v) is 4.58. The summed E-state index contributed by atoms with van der Waals surface area (Å²) in [5.41, 5.74) is 1.84. The number of hydrogen-bond donors (Lipinski definition) is 2. The van der Waals surface area contributed by atoms with Crippen LogP contribution in [0.5, 0.6) is 0 Å². The average molecular weight is 384 g/mol. The smallest absolute Gasteiger partial charge is 0.226 e. The Labute approximate surface area is 161 Å². The van der Waals surface area contributed by atoms with Gasteiger partial charge >= 0.3 is 0 Å². The van der Waals surface area contributed by atoms with E-state index in [9.17, 15) is 4.39 Å². The number of rotatable bonds is 5. The molecule has 27 heavy (non-hydrogen) atoms. The highest BCUT2D eigenvalue weighted by Gasteiger charge is 2.13. The van der Waals surface area contributed by atoms with Gasteiger partial charge in [0.25, 0.3) is 0 Å². The Balaban J connectivity index is 1.90. The van der Waals surface area contributed by atoms with E-state index >= 15 is 0 Å². The molecule has 0 aliphatic rings. The Kier molecular flexibility index (Phi) is 5.75. The van der Waals surface area contributed by atoms with E-state index in [2.05, 4.69) is 30.6 Å². The van der Waals surface area contributed by atoms with Crippen molar-refractivity contribution in [3.63, 3.8) is 0 Å². The topological polar surface area (TPSA) is 75.1 Å². The van der Waals surface area contributed by atoms with Gasteiger partial charge in [0, 0.05) is 7.05 Å². The summed E-state index contributed by atoms with van der Waals surface area (Å²) in [5, 5.41) is 9.42. The largest absolute Gasteiger partial charge is 0.346 e. The minimum Gasteiger partial charge on any atom is -0.346 e. The molecule has 2 N–H and O–H groups in total. The minimum absolute atomic E-state index is 0.173. The maximum Gasteiger partial charge on any atom is 0.226 e. The second kappa shape index (κ2) is 8.22. The van der Waals surface area contributed by atoms with E-state index in [-0.39, 0.29) is 11.9 Å². The van der Waals surface area contributed by atoms with Crippen molar-refractivity contribution in [1.29, 1.82) is 0 Å². The van der Waals surface area contributed by atoms with Crippen LogP contribution < -0.4 is 10.6 Å². The quantitative estimate of drug-likeness (QED) is 0.488. The van der Waals surface area contributed by atoms with Crippen LogP contribution in [-0.2, 0) is 0 Å². The summed E-state index contributed by atoms with van der Waals surface area (Å²) in [6.45, 7) is 5.95. The zero-order chi connectivity index (χ0) is 19.4. The molecular formula is C19H21FN6S. The number of thiophene rings is 1. The van der Waals surface area contributed by atoms with Crippen molar-refractivity contribution in [2.45, 2.75) is 26.8 Å². The molecule has 3 rings (SSSR count). The molecule has 3 aromatic rings. The monoisotopic (exact) mass is 384 g/mol. The van der Waals surface area contributed by atoms with Crippen LogP contribution in [-0.4, -0.2) is 27.8 Å². The maximum absolute atomic E-state index is 13.1. The van der Waals surface area contributed by atoms with Gasteiger partial charge < -0.3 is 10.6 Å². The number of amidine groups is 1. The molecule has 0 fully saturated rings. The maximum atomic E-state index is 13.1. The van der Waals surface area contributed by atoms with Gasteiger partial charge in [0.2, 0.25) is 5.95 Å². The summed E-state index contributed by atoms with van der Waals surface area (Å²) >= 11 is 1.54. The Morgan fingerprint density at radius 2 is 2.07 bits per heavy atom. The number of halogens is 1. The second-order valence-corrected chi connectivity index (χ2v) is 7.15. The minimum atomic E-state index is -0.362. The van der Waals surface area contributed by atoms with E-state index in [1.165, 1.54) is 23.6 Å². The van der Waals surface area contributed by atoms with Crippen molar-refractivity contribution in [3.05, 3.63) is 52.9 Å². The summed E-state index contributed by atoms with van der Waals surface area (Å²) in [6.07, 6.45) is 3.16. The van der Waals surface area contributed by atoms with Crippen LogP contribution >= 0.6 is 11.3 Å². The summed E-state index contributed by atoms with van der Waals surface area (Å²) in [6, 6.07) is 4.84. The van der Waals surface area contributed by atoms with Crippen molar-refractivity contribution in [1.82, 2.24) is 15.0 Å². The number of aliphatic imine (C=N–C) groups is 1. The average Bonchev–Trinajstić information content (AvgIpc) is 3.10. The molecule has 1 atom stereocenters. The SMILES string of the molecule is CN=C(C=C(C)C)Nc1nc(N[C@@H](C)c2ccc(F)cn2)nc2sccc12. The van der Waals surface area contributed by atoms with Crippen LogP contribution in [0.15, 0.2) is 46.4 Å². The lowest BCUT2D eigenvalue weighted by Crippen LogP contribution is -2.14. The van der Waals surface area contributed by atoms with E-state index in [0.29, 0.717) is 17.5 Å². The predicted molar refractivity (Wildman–Crippen MR) is 110 cm³/mol. The third kappa shape index (κ3) is 4.65. The highest BCUT2D eigenvalue weighted by Crippen LogP contribution is 2.28. The molecular weight excluding hydrogens is 363 g/mol. The van der Waals surface area contributed by atoms with Crippen molar-refractivity contribution < 1.29 is 4.39 Å². The number of nitrogens with one attached hydrogen (secondary N) is 2. The highest BCUT2D eigenvalue weighted by molar-refractivity contribution is 7.16. The zero-order valence-electron chi connectivity index (χ0n) is 15.6. The van der Waals surface area contributed by atoms with Gasteiger partial charge in [-0.05, 0) is 50.4 Å². The van der Waals surface area contributed by atoms with Crippen LogP contribution in [0, 0.1) is 5.82 Å². The normalized spacial score (nSPS) is 12.7. The third-order valence-electron chi connectivity index (χ3n) is 3.78. The molecule has 0 aliphatic carbocycles. The standard InChI is InChI=1S/C19H21FN6S/c1-11(2)9-16(21-4)24-17-14-7-8-27-18(14)26-19(25-17)23-12(3)15-6-5-13(20)10-22-15/h5-10,12H,1-4H3,(H2,21,23,24,25,26)/t12-/m0/s1. The van der Waals surface area contributed by atoms with Crippen LogP contribution in [0.25, 0.3) is 10.2 Å². The summed E-state index contributed by atoms with van der Waals surface area (Å²) in [5.74, 6) is 1.51. The van der Waals surface area contributed by atoms with Crippen LogP contribution in [0.1, 0.15) is 32.5 Å². The van der Waals surface area contributed by atoms with E-state index in [1.54, 1.807) is 13.1 Å². The first kappa shape index (κ1) is 18.9. The molecule has 3 aromatic heterocycles. The molecule has 0 bridgehead atoms. The Hall–Kier alpha value is -2.87. The van der Waals surface area contributed by atoms with Gasteiger partial charge in [-0.25, -0.2) is 9.37 Å². The zero-order valence-corrected chi connectivity index (χ0v) is 16.4. The molecule has 0 spiro atoms. The summed E-state index contributed by atoms with van der Waals surface area (Å²) < 4.78 is 13.1. The fourth-order valence-electron chi connectivity index (χ4n) is 2.48. The molecule has 0 radical (unpaired) electrons. The molecule has 0 amide bonds. The lowest BCUT2D eigenvalue weighted by atomic mass is 10.2. The van der Waals surface area contributed by atoms with Crippen molar-refractivity contribution in [2.75, 3.05) is 17.7 Å². The fraction of sp³-hybridized carbons (Fsp3) is 0.263. The molecule has 6 nitrogen and oxygen atoms in total. The Morgan fingerprint density at radius 3 is 2.74 bits per heavy atom. The van der Waals surface area contributed by atoms with Crippen LogP contribution in [0.4, 0.5) is 16.2 Å². The Bertz CT molecular complexity index is 989. The molecule has 0 saturated carbocycles. The number of hydrogen-bond acceptors (Lipinski definition) is 6.